The Bertz CT molecular complexity index is 1280. The molecule has 1 fully saturated rings. The number of ketones is 1. The van der Waals surface area contributed by atoms with Gasteiger partial charge in [-0.2, -0.15) is 0 Å². The highest BCUT2D eigenvalue weighted by Gasteiger charge is 2.47. The molecule has 186 valence electrons. The van der Waals surface area contributed by atoms with E-state index in [0.717, 1.165) is 36.3 Å². The monoisotopic (exact) mass is 484 g/mol. The van der Waals surface area contributed by atoms with Crippen LogP contribution in [0.1, 0.15) is 43.5 Å². The zero-order chi connectivity index (χ0) is 25.8. The van der Waals surface area contributed by atoms with E-state index >= 15 is 0 Å². The number of methoxy groups -OCH3 is 1. The summed E-state index contributed by atoms with van der Waals surface area (Å²) in [5.41, 5.74) is 4.01. The molecule has 1 unspecified atom stereocenters. The van der Waals surface area contributed by atoms with Crippen LogP contribution in [0.4, 0.5) is 11.4 Å². The molecule has 0 bridgehead atoms. The van der Waals surface area contributed by atoms with Gasteiger partial charge in [-0.3, -0.25) is 14.5 Å². The Morgan fingerprint density at radius 2 is 1.61 bits per heavy atom. The molecule has 1 saturated heterocycles. The maximum atomic E-state index is 13.4. The first kappa shape index (κ1) is 25.0. The van der Waals surface area contributed by atoms with Crippen LogP contribution in [0.25, 0.3) is 5.76 Å². The molecule has 0 aromatic heterocycles. The van der Waals surface area contributed by atoms with Gasteiger partial charge in [0.05, 0.1) is 18.7 Å². The molecule has 0 saturated carbocycles. The fourth-order valence-electron chi connectivity index (χ4n) is 4.69. The molecule has 1 atom stereocenters. The first-order chi connectivity index (χ1) is 17.4. The van der Waals surface area contributed by atoms with Crippen LogP contribution in [-0.2, 0) is 16.0 Å². The summed E-state index contributed by atoms with van der Waals surface area (Å²) in [7, 11) is 1.54. The lowest BCUT2D eigenvalue weighted by molar-refractivity contribution is -0.132. The lowest BCUT2D eigenvalue weighted by Gasteiger charge is -2.27. The first-order valence-corrected chi connectivity index (χ1v) is 12.3. The number of carbonyl (C=O) groups is 2. The number of carbonyl (C=O) groups excluding carboxylic acids is 2. The lowest BCUT2D eigenvalue weighted by atomic mass is 9.94. The predicted octanol–water partition coefficient (Wildman–Crippen LogP) is 5.73. The van der Waals surface area contributed by atoms with Crippen LogP contribution in [0.3, 0.4) is 0 Å². The fraction of sp³-hybridized carbons (Fsp3) is 0.267. The van der Waals surface area contributed by atoms with E-state index in [4.69, 9.17) is 4.74 Å². The maximum absolute atomic E-state index is 13.4. The average molecular weight is 485 g/mol. The molecule has 3 aromatic carbocycles. The minimum absolute atomic E-state index is 0.0587. The normalized spacial score (nSPS) is 16.9. The Hall–Kier alpha value is -4.06. The number of Topliss-reactive ketones (excluding diaryl/α,β-unsaturated/α-hetero) is 1. The Balaban J connectivity index is 1.89. The second-order valence-electron chi connectivity index (χ2n) is 8.68. The van der Waals surface area contributed by atoms with Crippen molar-refractivity contribution in [1.29, 1.82) is 0 Å². The third kappa shape index (κ3) is 4.59. The second-order valence-corrected chi connectivity index (χ2v) is 8.68. The van der Waals surface area contributed by atoms with Crippen LogP contribution < -0.4 is 14.5 Å². The van der Waals surface area contributed by atoms with Crippen LogP contribution >= 0.6 is 0 Å². The van der Waals surface area contributed by atoms with Crippen LogP contribution in [0, 0.1) is 0 Å². The minimum atomic E-state index is -0.769. The summed E-state index contributed by atoms with van der Waals surface area (Å²) in [6.07, 6.45) is 0.866. The molecule has 6 nitrogen and oxygen atoms in total. The standard InChI is InChI=1S/C30H32N2O4/c1-5-20-11-15-24(16-12-20)32-27(21-13-17-23(18-14-21)31(6-2)7-3)26(29(34)30(32)35)28(33)22-9-8-10-25(19-22)36-4/h8-19,27,33H,5-7H2,1-4H3/b28-26-. The summed E-state index contributed by atoms with van der Waals surface area (Å²) >= 11 is 0. The van der Waals surface area contributed by atoms with Gasteiger partial charge in [0.2, 0.25) is 0 Å². The van der Waals surface area contributed by atoms with Gasteiger partial charge in [0.1, 0.15) is 11.5 Å². The molecule has 6 heteroatoms. The van der Waals surface area contributed by atoms with Crippen LogP contribution in [0.5, 0.6) is 5.75 Å². The summed E-state index contributed by atoms with van der Waals surface area (Å²) in [5, 5.41) is 11.3. The molecular weight excluding hydrogens is 452 g/mol. The summed E-state index contributed by atoms with van der Waals surface area (Å²) in [4.78, 5) is 30.5. The number of aryl methyl sites for hydroxylation is 1. The van der Waals surface area contributed by atoms with Crippen molar-refractivity contribution >= 4 is 28.8 Å². The summed E-state index contributed by atoms with van der Waals surface area (Å²) in [6.45, 7) is 8.00. The van der Waals surface area contributed by atoms with Crippen molar-refractivity contribution < 1.29 is 19.4 Å². The quantitative estimate of drug-likeness (QED) is 0.251. The Morgan fingerprint density at radius 1 is 0.944 bits per heavy atom. The number of aliphatic hydroxyl groups is 1. The van der Waals surface area contributed by atoms with E-state index < -0.39 is 17.7 Å². The minimum Gasteiger partial charge on any atom is -0.507 e. The SMILES string of the molecule is CCc1ccc(N2C(=O)C(=O)/C(=C(\O)c3cccc(OC)c3)C2c2ccc(N(CC)CC)cc2)cc1. The highest BCUT2D eigenvalue weighted by Crippen LogP contribution is 2.42. The lowest BCUT2D eigenvalue weighted by Crippen LogP contribution is -2.29. The molecular formula is C30H32N2O4. The van der Waals surface area contributed by atoms with E-state index in [-0.39, 0.29) is 11.3 Å². The molecule has 1 aliphatic rings. The molecule has 4 rings (SSSR count). The van der Waals surface area contributed by atoms with Crippen molar-refractivity contribution in [3.05, 3.63) is 95.1 Å². The molecule has 1 heterocycles. The van der Waals surface area contributed by atoms with E-state index in [2.05, 4.69) is 25.7 Å². The third-order valence-corrected chi connectivity index (χ3v) is 6.75. The van der Waals surface area contributed by atoms with Gasteiger partial charge in [-0.15, -0.1) is 0 Å². The number of rotatable bonds is 8. The largest absolute Gasteiger partial charge is 0.507 e. The van der Waals surface area contributed by atoms with E-state index in [0.29, 0.717) is 17.0 Å². The fourth-order valence-corrected chi connectivity index (χ4v) is 4.69. The summed E-state index contributed by atoms with van der Waals surface area (Å²) < 4.78 is 5.30. The Labute approximate surface area is 212 Å². The average Bonchev–Trinajstić information content (AvgIpc) is 3.19. The summed E-state index contributed by atoms with van der Waals surface area (Å²) in [6, 6.07) is 21.5. The zero-order valence-corrected chi connectivity index (χ0v) is 21.2. The van der Waals surface area contributed by atoms with Gasteiger partial charge in [-0.1, -0.05) is 43.3 Å². The van der Waals surface area contributed by atoms with E-state index in [1.54, 1.807) is 24.3 Å². The van der Waals surface area contributed by atoms with E-state index in [1.165, 1.54) is 12.0 Å². The molecule has 1 aliphatic heterocycles. The van der Waals surface area contributed by atoms with Crippen molar-refractivity contribution in [2.45, 2.75) is 33.2 Å². The van der Waals surface area contributed by atoms with Gasteiger partial charge in [-0.05, 0) is 67.8 Å². The number of ether oxygens (including phenoxy) is 1. The first-order valence-electron chi connectivity index (χ1n) is 12.3. The van der Waals surface area contributed by atoms with Gasteiger partial charge < -0.3 is 14.7 Å². The van der Waals surface area contributed by atoms with Gasteiger partial charge in [0.15, 0.2) is 0 Å². The summed E-state index contributed by atoms with van der Waals surface area (Å²) in [5.74, 6) is -1.06. The molecule has 1 N–H and O–H groups in total. The highest BCUT2D eigenvalue weighted by molar-refractivity contribution is 6.51. The number of anilines is 2. The van der Waals surface area contributed by atoms with Crippen molar-refractivity contribution in [3.8, 4) is 5.75 Å². The van der Waals surface area contributed by atoms with Crippen molar-refractivity contribution in [2.75, 3.05) is 30.0 Å². The Morgan fingerprint density at radius 3 is 2.19 bits per heavy atom. The topological polar surface area (TPSA) is 70.1 Å². The molecule has 0 spiro atoms. The van der Waals surface area contributed by atoms with Crippen molar-refractivity contribution in [1.82, 2.24) is 0 Å². The van der Waals surface area contributed by atoms with Gasteiger partial charge >= 0.3 is 0 Å². The van der Waals surface area contributed by atoms with Crippen LogP contribution in [0.2, 0.25) is 0 Å². The van der Waals surface area contributed by atoms with E-state index in [9.17, 15) is 14.7 Å². The molecule has 3 aromatic rings. The number of hydrogen-bond donors (Lipinski definition) is 1. The van der Waals surface area contributed by atoms with Crippen molar-refractivity contribution in [3.63, 3.8) is 0 Å². The number of hydrogen-bond acceptors (Lipinski definition) is 5. The van der Waals surface area contributed by atoms with Gasteiger partial charge in [0.25, 0.3) is 11.7 Å². The number of aliphatic hydroxyl groups excluding tert-OH is 1. The zero-order valence-electron chi connectivity index (χ0n) is 21.2. The molecule has 0 radical (unpaired) electrons. The number of nitrogens with zero attached hydrogens (tertiary/aromatic N) is 2. The van der Waals surface area contributed by atoms with Gasteiger partial charge in [0, 0.05) is 30.0 Å². The molecule has 36 heavy (non-hydrogen) atoms. The van der Waals surface area contributed by atoms with Crippen LogP contribution in [0.15, 0.2) is 78.4 Å². The maximum Gasteiger partial charge on any atom is 0.300 e. The highest BCUT2D eigenvalue weighted by atomic mass is 16.5. The van der Waals surface area contributed by atoms with E-state index in [1.807, 2.05) is 48.5 Å². The molecule has 0 aliphatic carbocycles. The molecule has 1 amide bonds. The Kier molecular flexibility index (Phi) is 7.44. The predicted molar refractivity (Wildman–Crippen MR) is 144 cm³/mol. The third-order valence-electron chi connectivity index (χ3n) is 6.75. The number of benzene rings is 3. The van der Waals surface area contributed by atoms with Gasteiger partial charge in [-0.25, -0.2) is 0 Å². The second kappa shape index (κ2) is 10.7. The number of amides is 1. The van der Waals surface area contributed by atoms with Crippen molar-refractivity contribution in [2.24, 2.45) is 0 Å². The van der Waals surface area contributed by atoms with Crippen LogP contribution in [-0.4, -0.2) is 37.0 Å². The smallest absolute Gasteiger partial charge is 0.300 e.